The normalized spacial score (nSPS) is 17.0. The van der Waals surface area contributed by atoms with Gasteiger partial charge in [-0.15, -0.1) is 0 Å². The summed E-state index contributed by atoms with van der Waals surface area (Å²) in [4.78, 5) is 40.6. The van der Waals surface area contributed by atoms with Crippen molar-refractivity contribution in [3.05, 3.63) is 137 Å². The van der Waals surface area contributed by atoms with Gasteiger partial charge in [-0.1, -0.05) is 84.9 Å². The van der Waals surface area contributed by atoms with E-state index in [1.807, 2.05) is 67.6 Å². The Labute approximate surface area is 238 Å². The van der Waals surface area contributed by atoms with Crippen LogP contribution in [0, 0.1) is 5.82 Å². The van der Waals surface area contributed by atoms with Crippen molar-refractivity contribution in [3.8, 4) is 0 Å². The summed E-state index contributed by atoms with van der Waals surface area (Å²) < 4.78 is 19.2. The summed E-state index contributed by atoms with van der Waals surface area (Å²) in [6.07, 6.45) is -1.30. The number of cyclic esters (lactones) is 1. The zero-order valence-corrected chi connectivity index (χ0v) is 22.5. The van der Waals surface area contributed by atoms with Gasteiger partial charge in [0.15, 0.2) is 12.1 Å². The third kappa shape index (κ3) is 6.78. The van der Waals surface area contributed by atoms with Crippen LogP contribution >= 0.6 is 0 Å². The Hall–Kier alpha value is -4.98. The molecule has 0 radical (unpaired) electrons. The summed E-state index contributed by atoms with van der Waals surface area (Å²) in [5.41, 5.74) is 3.67. The number of ether oxygens (including phenoxy) is 1. The molecule has 3 amide bonds. The molecular weight excluding hydrogens is 521 g/mol. The second-order valence-electron chi connectivity index (χ2n) is 9.98. The zero-order valence-electron chi connectivity index (χ0n) is 22.5. The lowest BCUT2D eigenvalue weighted by Gasteiger charge is -2.26. The Balaban J connectivity index is 1.35. The first kappa shape index (κ1) is 27.6. The first-order chi connectivity index (χ1) is 19.9. The van der Waals surface area contributed by atoms with Crippen molar-refractivity contribution >= 4 is 23.6 Å². The number of halogens is 1. The molecule has 5 rings (SSSR count). The van der Waals surface area contributed by atoms with Crippen molar-refractivity contribution in [2.75, 3.05) is 5.32 Å². The van der Waals surface area contributed by atoms with E-state index in [0.29, 0.717) is 16.8 Å². The SMILES string of the molecule is C[C@H](NC(=O)[C@H]1[C@H](c2ccc(NC(=O)Cc3ccccc3)cc2)OC(=O)N1Cc1ccc(F)cc1)c1ccccc1. The Morgan fingerprint density at radius 2 is 1.49 bits per heavy atom. The lowest BCUT2D eigenvalue weighted by molar-refractivity contribution is -0.127. The van der Waals surface area contributed by atoms with Crippen molar-refractivity contribution in [1.29, 1.82) is 0 Å². The minimum atomic E-state index is -0.975. The highest BCUT2D eigenvalue weighted by Crippen LogP contribution is 2.35. The van der Waals surface area contributed by atoms with Crippen molar-refractivity contribution in [1.82, 2.24) is 10.2 Å². The van der Waals surface area contributed by atoms with Gasteiger partial charge in [0.05, 0.1) is 19.0 Å². The average molecular weight is 552 g/mol. The molecule has 1 aliphatic heterocycles. The predicted octanol–water partition coefficient (Wildman–Crippen LogP) is 5.95. The number of nitrogens with zero attached hydrogens (tertiary/aromatic N) is 1. The maximum atomic E-state index is 13.7. The van der Waals surface area contributed by atoms with Gasteiger partial charge in [0.1, 0.15) is 5.82 Å². The molecule has 0 aliphatic carbocycles. The number of carbonyl (C=O) groups is 3. The maximum Gasteiger partial charge on any atom is 0.411 e. The minimum absolute atomic E-state index is 0.0705. The highest BCUT2D eigenvalue weighted by atomic mass is 19.1. The van der Waals surface area contributed by atoms with Crippen molar-refractivity contribution < 1.29 is 23.5 Å². The van der Waals surface area contributed by atoms with Crippen LogP contribution < -0.4 is 10.6 Å². The number of benzene rings is 4. The Morgan fingerprint density at radius 3 is 2.15 bits per heavy atom. The fraction of sp³-hybridized carbons (Fsp3) is 0.182. The number of hydrogen-bond acceptors (Lipinski definition) is 4. The quantitative estimate of drug-likeness (QED) is 0.269. The van der Waals surface area contributed by atoms with Gasteiger partial charge in [0, 0.05) is 5.69 Å². The Kier molecular flexibility index (Phi) is 8.39. The lowest BCUT2D eigenvalue weighted by Crippen LogP contribution is -2.46. The fourth-order valence-electron chi connectivity index (χ4n) is 4.86. The van der Waals surface area contributed by atoms with Crippen LogP contribution in [0.3, 0.4) is 0 Å². The first-order valence-corrected chi connectivity index (χ1v) is 13.4. The summed E-state index contributed by atoms with van der Waals surface area (Å²) in [6, 6.07) is 30.3. The molecule has 1 aliphatic rings. The molecule has 1 fully saturated rings. The predicted molar refractivity (Wildman–Crippen MR) is 153 cm³/mol. The topological polar surface area (TPSA) is 87.7 Å². The number of carbonyl (C=O) groups excluding carboxylic acids is 3. The highest BCUT2D eigenvalue weighted by molar-refractivity contribution is 5.92. The lowest BCUT2D eigenvalue weighted by atomic mass is 9.99. The number of amides is 3. The van der Waals surface area contributed by atoms with Crippen molar-refractivity contribution in [2.24, 2.45) is 0 Å². The molecule has 1 heterocycles. The number of nitrogens with one attached hydrogen (secondary N) is 2. The molecule has 4 aromatic rings. The molecular formula is C33H30FN3O4. The molecule has 0 saturated carbocycles. The van der Waals surface area contributed by atoms with Crippen LogP contribution in [0.25, 0.3) is 0 Å². The molecule has 41 heavy (non-hydrogen) atoms. The van der Waals surface area contributed by atoms with Crippen LogP contribution in [0.1, 0.15) is 41.3 Å². The maximum absolute atomic E-state index is 13.7. The number of anilines is 1. The second kappa shape index (κ2) is 12.5. The standard InChI is InChI=1S/C33H30FN3O4/c1-22(25-10-6-3-7-11-25)35-32(39)30-31(41-33(40)37(30)21-24-12-16-27(34)17-13-24)26-14-18-28(19-15-26)36-29(38)20-23-8-4-2-5-9-23/h2-19,22,30-31H,20-21H2,1H3,(H,35,39)(H,36,38)/t22-,30+,31-/m0/s1. The van der Waals surface area contributed by atoms with E-state index >= 15 is 0 Å². The Bertz CT molecular complexity index is 1500. The van der Waals surface area contributed by atoms with E-state index in [9.17, 15) is 18.8 Å². The van der Waals surface area contributed by atoms with E-state index in [1.54, 1.807) is 36.4 Å². The van der Waals surface area contributed by atoms with Crippen LogP contribution in [-0.2, 0) is 27.3 Å². The van der Waals surface area contributed by atoms with Gasteiger partial charge < -0.3 is 15.4 Å². The summed E-state index contributed by atoms with van der Waals surface area (Å²) in [5, 5.41) is 5.89. The highest BCUT2D eigenvalue weighted by Gasteiger charge is 2.47. The summed E-state index contributed by atoms with van der Waals surface area (Å²) in [6.45, 7) is 1.94. The van der Waals surface area contributed by atoms with Crippen LogP contribution in [0.4, 0.5) is 14.9 Å². The summed E-state index contributed by atoms with van der Waals surface area (Å²) in [7, 11) is 0. The molecule has 3 atom stereocenters. The van der Waals surface area contributed by atoms with E-state index in [0.717, 1.165) is 11.1 Å². The molecule has 208 valence electrons. The van der Waals surface area contributed by atoms with Gasteiger partial charge in [0.25, 0.3) is 0 Å². The molecule has 0 spiro atoms. The smallest absolute Gasteiger partial charge is 0.411 e. The van der Waals surface area contributed by atoms with E-state index in [2.05, 4.69) is 10.6 Å². The van der Waals surface area contributed by atoms with E-state index in [4.69, 9.17) is 4.74 Å². The second-order valence-corrected chi connectivity index (χ2v) is 9.98. The summed E-state index contributed by atoms with van der Waals surface area (Å²) >= 11 is 0. The molecule has 2 N–H and O–H groups in total. The Morgan fingerprint density at radius 1 is 0.854 bits per heavy atom. The molecule has 7 nitrogen and oxygen atoms in total. The third-order valence-corrected chi connectivity index (χ3v) is 7.01. The van der Waals surface area contributed by atoms with E-state index < -0.39 is 24.1 Å². The van der Waals surface area contributed by atoms with Gasteiger partial charge in [-0.05, 0) is 53.4 Å². The van der Waals surface area contributed by atoms with Crippen LogP contribution in [0.15, 0.2) is 109 Å². The van der Waals surface area contributed by atoms with Crippen LogP contribution in [0.2, 0.25) is 0 Å². The van der Waals surface area contributed by atoms with E-state index in [-0.39, 0.29) is 30.8 Å². The molecule has 1 saturated heterocycles. The molecule has 0 bridgehead atoms. The fourth-order valence-corrected chi connectivity index (χ4v) is 4.86. The number of rotatable bonds is 9. The third-order valence-electron chi connectivity index (χ3n) is 7.01. The van der Waals surface area contributed by atoms with Gasteiger partial charge in [-0.2, -0.15) is 0 Å². The summed E-state index contributed by atoms with van der Waals surface area (Å²) in [5.74, 6) is -0.925. The van der Waals surface area contributed by atoms with Gasteiger partial charge in [-0.3, -0.25) is 14.5 Å². The zero-order chi connectivity index (χ0) is 28.8. The minimum Gasteiger partial charge on any atom is -0.438 e. The number of hydrogen-bond donors (Lipinski definition) is 2. The average Bonchev–Trinajstić information content (AvgIpc) is 3.31. The van der Waals surface area contributed by atoms with Gasteiger partial charge in [0.2, 0.25) is 11.8 Å². The van der Waals surface area contributed by atoms with Gasteiger partial charge in [-0.25, -0.2) is 9.18 Å². The largest absolute Gasteiger partial charge is 0.438 e. The molecule has 0 unspecified atom stereocenters. The van der Waals surface area contributed by atoms with Gasteiger partial charge >= 0.3 is 6.09 Å². The molecule has 8 heteroatoms. The molecule has 4 aromatic carbocycles. The van der Waals surface area contributed by atoms with Crippen molar-refractivity contribution in [2.45, 2.75) is 38.1 Å². The monoisotopic (exact) mass is 551 g/mol. The van der Waals surface area contributed by atoms with Crippen LogP contribution in [0.5, 0.6) is 0 Å². The van der Waals surface area contributed by atoms with Crippen LogP contribution in [-0.4, -0.2) is 28.8 Å². The molecule has 0 aromatic heterocycles. The first-order valence-electron chi connectivity index (χ1n) is 13.4. The van der Waals surface area contributed by atoms with Crippen molar-refractivity contribution in [3.63, 3.8) is 0 Å². The van der Waals surface area contributed by atoms with E-state index in [1.165, 1.54) is 17.0 Å².